The summed E-state index contributed by atoms with van der Waals surface area (Å²) in [5.74, 6) is 0.920. The van der Waals surface area contributed by atoms with Crippen LogP contribution in [0.4, 0.5) is 0 Å². The second-order valence-electron chi connectivity index (χ2n) is 3.82. The van der Waals surface area contributed by atoms with E-state index in [1.165, 1.54) is 51.6 Å². The molecule has 1 N–H and O–H groups in total. The Labute approximate surface area is 76.9 Å². The predicted octanol–water partition coefficient (Wildman–Crippen LogP) is 2.77. The highest BCUT2D eigenvalue weighted by Gasteiger charge is 2.12. The highest BCUT2D eigenvalue weighted by atomic mass is 14.8. The molecule has 1 radical (unpaired) electrons. The van der Waals surface area contributed by atoms with Gasteiger partial charge in [0.25, 0.3) is 0 Å². The molecule has 1 fully saturated rings. The van der Waals surface area contributed by atoms with Crippen molar-refractivity contribution in [3.63, 3.8) is 0 Å². The highest BCUT2D eigenvalue weighted by Crippen LogP contribution is 2.24. The summed E-state index contributed by atoms with van der Waals surface area (Å²) in [5, 5.41) is 3.46. The van der Waals surface area contributed by atoms with Gasteiger partial charge in [-0.2, -0.15) is 0 Å². The molecule has 1 saturated carbocycles. The molecule has 0 aromatic rings. The standard InChI is InChI=1S/C11H22N/c1-2-9-12-10-8-11-6-4-3-5-7-11/h6,11-12H,2-5,7-10H2,1H3. The van der Waals surface area contributed by atoms with Gasteiger partial charge in [0.05, 0.1) is 0 Å². The fourth-order valence-corrected chi connectivity index (χ4v) is 1.87. The maximum atomic E-state index is 3.46. The quantitative estimate of drug-likeness (QED) is 0.622. The van der Waals surface area contributed by atoms with Gasteiger partial charge in [0, 0.05) is 0 Å². The number of hydrogen-bond acceptors (Lipinski definition) is 1. The van der Waals surface area contributed by atoms with Crippen molar-refractivity contribution in [3.8, 4) is 0 Å². The molecule has 0 spiro atoms. The van der Waals surface area contributed by atoms with Crippen molar-refractivity contribution in [1.29, 1.82) is 0 Å². The van der Waals surface area contributed by atoms with E-state index in [4.69, 9.17) is 0 Å². The molecule has 1 aliphatic rings. The van der Waals surface area contributed by atoms with E-state index >= 15 is 0 Å². The van der Waals surface area contributed by atoms with Gasteiger partial charge in [0.15, 0.2) is 0 Å². The Kier molecular flexibility index (Phi) is 5.42. The minimum absolute atomic E-state index is 0.920. The van der Waals surface area contributed by atoms with Crippen LogP contribution in [0.2, 0.25) is 0 Å². The smallest absolute Gasteiger partial charge is 0.00462 e. The van der Waals surface area contributed by atoms with Crippen LogP contribution < -0.4 is 5.32 Å². The Bertz CT molecular complexity index is 95.2. The predicted molar refractivity (Wildman–Crippen MR) is 54.0 cm³/mol. The molecule has 0 saturated heterocycles. The van der Waals surface area contributed by atoms with Gasteiger partial charge in [-0.3, -0.25) is 0 Å². The lowest BCUT2D eigenvalue weighted by Crippen LogP contribution is -2.20. The molecule has 1 aliphatic carbocycles. The van der Waals surface area contributed by atoms with E-state index < -0.39 is 0 Å². The Balaban J connectivity index is 1.91. The van der Waals surface area contributed by atoms with Gasteiger partial charge in [-0.1, -0.05) is 26.2 Å². The van der Waals surface area contributed by atoms with Crippen molar-refractivity contribution in [1.82, 2.24) is 5.32 Å². The molecule has 1 heteroatoms. The molecular weight excluding hydrogens is 146 g/mol. The summed E-state index contributed by atoms with van der Waals surface area (Å²) in [7, 11) is 0. The van der Waals surface area contributed by atoms with Crippen molar-refractivity contribution in [2.24, 2.45) is 5.92 Å². The fourth-order valence-electron chi connectivity index (χ4n) is 1.87. The first-order valence-corrected chi connectivity index (χ1v) is 5.47. The fraction of sp³-hybridized carbons (Fsp3) is 0.909. The number of rotatable bonds is 5. The Hall–Kier alpha value is -0.0400. The van der Waals surface area contributed by atoms with Crippen LogP contribution in [0.1, 0.15) is 45.4 Å². The number of nitrogens with one attached hydrogen (secondary N) is 1. The van der Waals surface area contributed by atoms with E-state index in [-0.39, 0.29) is 0 Å². The SMILES string of the molecule is CCCNCCC1[CH]CCCC1. The van der Waals surface area contributed by atoms with E-state index in [1.54, 1.807) is 0 Å². The molecule has 1 rings (SSSR count). The summed E-state index contributed by atoms with van der Waals surface area (Å²) in [5.41, 5.74) is 0. The zero-order valence-electron chi connectivity index (χ0n) is 8.31. The van der Waals surface area contributed by atoms with Crippen molar-refractivity contribution in [3.05, 3.63) is 6.42 Å². The van der Waals surface area contributed by atoms with Crippen LogP contribution >= 0.6 is 0 Å². The van der Waals surface area contributed by atoms with E-state index in [9.17, 15) is 0 Å². The first-order valence-electron chi connectivity index (χ1n) is 5.47. The normalized spacial score (nSPS) is 19.8. The van der Waals surface area contributed by atoms with E-state index in [0.29, 0.717) is 0 Å². The second kappa shape index (κ2) is 6.47. The van der Waals surface area contributed by atoms with Gasteiger partial charge >= 0.3 is 0 Å². The Morgan fingerprint density at radius 3 is 2.92 bits per heavy atom. The van der Waals surface area contributed by atoms with Crippen molar-refractivity contribution >= 4 is 0 Å². The summed E-state index contributed by atoms with van der Waals surface area (Å²) < 4.78 is 0. The van der Waals surface area contributed by atoms with Gasteiger partial charge in [0.1, 0.15) is 0 Å². The zero-order chi connectivity index (χ0) is 8.65. The van der Waals surface area contributed by atoms with Crippen LogP contribution in [0.25, 0.3) is 0 Å². The summed E-state index contributed by atoms with van der Waals surface area (Å²) in [6.07, 6.45) is 10.8. The van der Waals surface area contributed by atoms with E-state index in [2.05, 4.69) is 18.7 Å². The molecule has 0 heterocycles. The highest BCUT2D eigenvalue weighted by molar-refractivity contribution is 4.81. The molecule has 1 unspecified atom stereocenters. The van der Waals surface area contributed by atoms with Crippen molar-refractivity contribution in [2.75, 3.05) is 13.1 Å². The third-order valence-electron chi connectivity index (χ3n) is 2.65. The number of hydrogen-bond donors (Lipinski definition) is 1. The lowest BCUT2D eigenvalue weighted by molar-refractivity contribution is 0.411. The maximum absolute atomic E-state index is 3.46. The Morgan fingerprint density at radius 1 is 1.33 bits per heavy atom. The molecule has 71 valence electrons. The maximum Gasteiger partial charge on any atom is -0.00462 e. The minimum Gasteiger partial charge on any atom is -0.317 e. The molecule has 1 nitrogen and oxygen atoms in total. The molecule has 0 aromatic heterocycles. The molecule has 0 aromatic carbocycles. The van der Waals surface area contributed by atoms with Gasteiger partial charge in [-0.15, -0.1) is 0 Å². The van der Waals surface area contributed by atoms with Crippen LogP contribution in [-0.2, 0) is 0 Å². The molecule has 0 aliphatic heterocycles. The largest absolute Gasteiger partial charge is 0.317 e. The molecule has 0 amide bonds. The second-order valence-corrected chi connectivity index (χ2v) is 3.82. The topological polar surface area (TPSA) is 12.0 Å². The van der Waals surface area contributed by atoms with Crippen LogP contribution in [0.3, 0.4) is 0 Å². The summed E-state index contributed by atoms with van der Waals surface area (Å²) in [4.78, 5) is 0. The van der Waals surface area contributed by atoms with Crippen LogP contribution in [0, 0.1) is 12.3 Å². The van der Waals surface area contributed by atoms with E-state index in [0.717, 1.165) is 5.92 Å². The van der Waals surface area contributed by atoms with Crippen LogP contribution in [0.5, 0.6) is 0 Å². The first-order chi connectivity index (χ1) is 5.93. The molecule has 0 bridgehead atoms. The Morgan fingerprint density at radius 2 is 2.25 bits per heavy atom. The summed E-state index contributed by atoms with van der Waals surface area (Å²) >= 11 is 0. The first kappa shape index (κ1) is 10.0. The lowest BCUT2D eigenvalue weighted by atomic mass is 9.87. The van der Waals surface area contributed by atoms with Crippen molar-refractivity contribution in [2.45, 2.75) is 45.4 Å². The van der Waals surface area contributed by atoms with Gasteiger partial charge in [0.2, 0.25) is 0 Å². The third-order valence-corrected chi connectivity index (χ3v) is 2.65. The molecule has 12 heavy (non-hydrogen) atoms. The van der Waals surface area contributed by atoms with Gasteiger partial charge in [-0.25, -0.2) is 0 Å². The zero-order valence-corrected chi connectivity index (χ0v) is 8.31. The summed E-state index contributed by atoms with van der Waals surface area (Å²) in [6, 6.07) is 0. The van der Waals surface area contributed by atoms with Crippen LogP contribution in [0.15, 0.2) is 0 Å². The average Bonchev–Trinajstić information content (AvgIpc) is 2.14. The molecular formula is C11H22N. The van der Waals surface area contributed by atoms with Gasteiger partial charge < -0.3 is 5.32 Å². The monoisotopic (exact) mass is 168 g/mol. The van der Waals surface area contributed by atoms with E-state index in [1.807, 2.05) is 0 Å². The molecule has 1 atom stereocenters. The lowest BCUT2D eigenvalue weighted by Gasteiger charge is -2.20. The van der Waals surface area contributed by atoms with Gasteiger partial charge in [-0.05, 0) is 44.7 Å². The minimum atomic E-state index is 0.920. The average molecular weight is 168 g/mol. The summed E-state index contributed by atoms with van der Waals surface area (Å²) in [6.45, 7) is 4.63. The van der Waals surface area contributed by atoms with Crippen LogP contribution in [-0.4, -0.2) is 13.1 Å². The third kappa shape index (κ3) is 4.10. The van der Waals surface area contributed by atoms with Crippen molar-refractivity contribution < 1.29 is 0 Å².